The number of halogens is 2. The Bertz CT molecular complexity index is 800. The Labute approximate surface area is 163 Å². The number of benzene rings is 2. The minimum atomic E-state index is -0.796. The molecule has 0 aliphatic rings. The van der Waals surface area contributed by atoms with E-state index >= 15 is 0 Å². The number of rotatable bonds is 6. The predicted octanol–water partition coefficient (Wildman–Crippen LogP) is 4.40. The molecule has 0 saturated heterocycles. The van der Waals surface area contributed by atoms with Gasteiger partial charge in [0.05, 0.1) is 10.0 Å². The van der Waals surface area contributed by atoms with Gasteiger partial charge in [-0.2, -0.15) is 0 Å². The topological polar surface area (TPSA) is 55.4 Å². The molecular weight excluding hydrogens is 373 g/mol. The van der Waals surface area contributed by atoms with Crippen LogP contribution in [-0.2, 0) is 27.4 Å². The molecule has 0 bridgehead atoms. The van der Waals surface area contributed by atoms with Crippen LogP contribution in [-0.4, -0.2) is 17.9 Å². The van der Waals surface area contributed by atoms with Crippen molar-refractivity contribution in [1.82, 2.24) is 5.32 Å². The van der Waals surface area contributed by atoms with Gasteiger partial charge in [0.2, 0.25) is 5.91 Å². The molecule has 0 unspecified atom stereocenters. The molecule has 0 aliphatic heterocycles. The first-order valence-corrected chi connectivity index (χ1v) is 8.95. The number of esters is 1. The maximum atomic E-state index is 12.5. The summed E-state index contributed by atoms with van der Waals surface area (Å²) in [5.41, 5.74) is 3.89. The van der Waals surface area contributed by atoms with Crippen molar-refractivity contribution in [1.29, 1.82) is 0 Å². The monoisotopic (exact) mass is 393 g/mol. The van der Waals surface area contributed by atoms with E-state index in [2.05, 4.69) is 11.4 Å². The summed E-state index contributed by atoms with van der Waals surface area (Å²) in [6.07, 6.45) is 0.266. The Morgan fingerprint density at radius 3 is 2.23 bits per heavy atom. The highest BCUT2D eigenvalue weighted by atomic mass is 35.5. The quantitative estimate of drug-likeness (QED) is 0.739. The largest absolute Gasteiger partial charge is 0.459 e. The van der Waals surface area contributed by atoms with Gasteiger partial charge >= 0.3 is 5.97 Å². The maximum Gasteiger partial charge on any atom is 0.329 e. The van der Waals surface area contributed by atoms with Gasteiger partial charge in [-0.15, -0.1) is 0 Å². The highest BCUT2D eigenvalue weighted by Gasteiger charge is 2.22. The fourth-order valence-corrected chi connectivity index (χ4v) is 3.07. The first-order valence-electron chi connectivity index (χ1n) is 8.19. The summed E-state index contributed by atoms with van der Waals surface area (Å²) >= 11 is 11.9. The van der Waals surface area contributed by atoms with Crippen LogP contribution in [0.2, 0.25) is 10.0 Å². The number of carbonyl (C=O) groups excluding carboxylic acids is 2. The van der Waals surface area contributed by atoms with E-state index in [1.54, 1.807) is 18.2 Å². The van der Waals surface area contributed by atoms with E-state index in [4.69, 9.17) is 27.9 Å². The zero-order chi connectivity index (χ0) is 19.3. The molecule has 1 amide bonds. The number of hydrogen-bond acceptors (Lipinski definition) is 3. The Morgan fingerprint density at radius 1 is 1.00 bits per heavy atom. The lowest BCUT2D eigenvalue weighted by atomic mass is 10.1. The predicted molar refractivity (Wildman–Crippen MR) is 103 cm³/mol. The first-order chi connectivity index (χ1) is 12.2. The lowest BCUT2D eigenvalue weighted by Crippen LogP contribution is -2.42. The smallest absolute Gasteiger partial charge is 0.329 e. The molecule has 2 aromatic carbocycles. The normalized spacial score (nSPS) is 11.7. The molecule has 6 heteroatoms. The molecule has 0 aromatic heterocycles. The summed E-state index contributed by atoms with van der Waals surface area (Å²) in [4.78, 5) is 23.9. The van der Waals surface area contributed by atoms with Crippen molar-refractivity contribution in [2.24, 2.45) is 0 Å². The van der Waals surface area contributed by atoms with Crippen molar-refractivity contribution in [3.05, 3.63) is 68.7 Å². The van der Waals surface area contributed by atoms with Gasteiger partial charge < -0.3 is 10.1 Å². The molecule has 1 atom stereocenters. The van der Waals surface area contributed by atoms with E-state index in [0.717, 1.165) is 22.3 Å². The van der Waals surface area contributed by atoms with E-state index in [0.29, 0.717) is 10.0 Å². The van der Waals surface area contributed by atoms with Gasteiger partial charge in [-0.1, -0.05) is 58.6 Å². The van der Waals surface area contributed by atoms with Crippen LogP contribution < -0.4 is 5.32 Å². The van der Waals surface area contributed by atoms with E-state index in [9.17, 15) is 9.59 Å². The van der Waals surface area contributed by atoms with Crippen LogP contribution in [0.4, 0.5) is 0 Å². The standard InChI is InChI=1S/C20H21Cl2NO3/c1-12-6-13(2)8-16(7-12)11-26-20(25)19(23-14(3)24)10-15-4-5-17(21)18(22)9-15/h4-9,19H,10-11H2,1-3H3,(H,23,24)/t19-/m0/s1. The second-order valence-corrected chi connectivity index (χ2v) is 7.12. The molecule has 0 fully saturated rings. The lowest BCUT2D eigenvalue weighted by Gasteiger charge is -2.17. The summed E-state index contributed by atoms with van der Waals surface area (Å²) in [7, 11) is 0. The Morgan fingerprint density at radius 2 is 1.65 bits per heavy atom. The van der Waals surface area contributed by atoms with Gasteiger partial charge in [0.15, 0.2) is 0 Å². The summed E-state index contributed by atoms with van der Waals surface area (Å²) < 4.78 is 5.41. The van der Waals surface area contributed by atoms with Gasteiger partial charge in [-0.3, -0.25) is 4.79 Å². The molecule has 4 nitrogen and oxygen atoms in total. The van der Waals surface area contributed by atoms with Crippen molar-refractivity contribution in [2.45, 2.75) is 39.8 Å². The molecule has 0 heterocycles. The van der Waals surface area contributed by atoms with Gasteiger partial charge in [0.25, 0.3) is 0 Å². The summed E-state index contributed by atoms with van der Waals surface area (Å²) in [6, 6.07) is 10.3. The second kappa shape index (κ2) is 9.06. The maximum absolute atomic E-state index is 12.5. The average molecular weight is 394 g/mol. The fourth-order valence-electron chi connectivity index (χ4n) is 2.75. The number of ether oxygens (including phenoxy) is 1. The van der Waals surface area contributed by atoms with Crippen LogP contribution in [0.25, 0.3) is 0 Å². The Hall–Kier alpha value is -2.04. The lowest BCUT2D eigenvalue weighted by molar-refractivity contribution is -0.149. The molecule has 1 N–H and O–H groups in total. The van der Waals surface area contributed by atoms with Gasteiger partial charge in [-0.05, 0) is 37.1 Å². The van der Waals surface area contributed by atoms with Crippen LogP contribution in [0.3, 0.4) is 0 Å². The minimum Gasteiger partial charge on any atom is -0.459 e. The Balaban J connectivity index is 2.08. The Kier molecular flexibility index (Phi) is 7.06. The number of amides is 1. The number of hydrogen-bond donors (Lipinski definition) is 1. The van der Waals surface area contributed by atoms with E-state index in [1.807, 2.05) is 26.0 Å². The third-order valence-electron chi connectivity index (χ3n) is 3.75. The number of aryl methyl sites for hydroxylation is 2. The zero-order valence-electron chi connectivity index (χ0n) is 14.9. The van der Waals surface area contributed by atoms with Gasteiger partial charge in [0, 0.05) is 13.3 Å². The van der Waals surface area contributed by atoms with Crippen LogP contribution >= 0.6 is 23.2 Å². The third kappa shape index (κ3) is 6.04. The molecule has 0 spiro atoms. The molecule has 2 rings (SSSR count). The molecule has 138 valence electrons. The first kappa shape index (κ1) is 20.3. The summed E-state index contributed by atoms with van der Waals surface area (Å²) in [5, 5.41) is 3.46. The SMILES string of the molecule is CC(=O)N[C@@H](Cc1ccc(Cl)c(Cl)c1)C(=O)OCc1cc(C)cc(C)c1. The molecule has 0 saturated carbocycles. The highest BCUT2D eigenvalue weighted by molar-refractivity contribution is 6.42. The number of nitrogens with one attached hydrogen (secondary N) is 1. The van der Waals surface area contributed by atoms with Crippen LogP contribution in [0, 0.1) is 13.8 Å². The molecular formula is C20H21Cl2NO3. The fraction of sp³-hybridized carbons (Fsp3) is 0.300. The van der Waals surface area contributed by atoms with Gasteiger partial charge in [-0.25, -0.2) is 4.79 Å². The van der Waals surface area contributed by atoms with Crippen molar-refractivity contribution in [3.63, 3.8) is 0 Å². The van der Waals surface area contributed by atoms with Crippen molar-refractivity contribution in [3.8, 4) is 0 Å². The van der Waals surface area contributed by atoms with Crippen LogP contribution in [0.5, 0.6) is 0 Å². The zero-order valence-corrected chi connectivity index (χ0v) is 16.4. The second-order valence-electron chi connectivity index (χ2n) is 6.31. The average Bonchev–Trinajstić information content (AvgIpc) is 2.54. The molecule has 0 radical (unpaired) electrons. The highest BCUT2D eigenvalue weighted by Crippen LogP contribution is 2.23. The molecule has 2 aromatic rings. The number of carbonyl (C=O) groups is 2. The molecule has 26 heavy (non-hydrogen) atoms. The summed E-state index contributed by atoms with van der Waals surface area (Å²) in [6.45, 7) is 5.49. The van der Waals surface area contributed by atoms with E-state index < -0.39 is 12.0 Å². The van der Waals surface area contributed by atoms with Crippen molar-refractivity contribution < 1.29 is 14.3 Å². The molecule has 0 aliphatic carbocycles. The van der Waals surface area contributed by atoms with E-state index in [1.165, 1.54) is 6.92 Å². The van der Waals surface area contributed by atoms with Crippen molar-refractivity contribution in [2.75, 3.05) is 0 Å². The van der Waals surface area contributed by atoms with Crippen molar-refractivity contribution >= 4 is 35.1 Å². The van der Waals surface area contributed by atoms with Crippen LogP contribution in [0.15, 0.2) is 36.4 Å². The van der Waals surface area contributed by atoms with Crippen LogP contribution in [0.1, 0.15) is 29.2 Å². The minimum absolute atomic E-state index is 0.152. The third-order valence-corrected chi connectivity index (χ3v) is 4.49. The van der Waals surface area contributed by atoms with Gasteiger partial charge in [0.1, 0.15) is 12.6 Å². The summed E-state index contributed by atoms with van der Waals surface area (Å²) in [5.74, 6) is -0.802. The van der Waals surface area contributed by atoms with E-state index in [-0.39, 0.29) is 18.9 Å².